The SMILES string of the molecule is CC(CN(C=O)Cc1ccc(N2C(=O)CC(C)C2=O)cc1)NO. The van der Waals surface area contributed by atoms with Crippen LogP contribution in [0.5, 0.6) is 0 Å². The number of hydrogen-bond donors (Lipinski definition) is 2. The lowest BCUT2D eigenvalue weighted by Gasteiger charge is -2.21. The van der Waals surface area contributed by atoms with Crippen molar-refractivity contribution in [1.29, 1.82) is 0 Å². The number of imide groups is 1. The summed E-state index contributed by atoms with van der Waals surface area (Å²) in [7, 11) is 0. The summed E-state index contributed by atoms with van der Waals surface area (Å²) in [6.45, 7) is 4.24. The van der Waals surface area contributed by atoms with Crippen molar-refractivity contribution in [3.05, 3.63) is 29.8 Å². The fourth-order valence-corrected chi connectivity index (χ4v) is 2.58. The van der Waals surface area contributed by atoms with Gasteiger partial charge in [0.25, 0.3) is 0 Å². The Hall–Kier alpha value is -2.25. The Kier molecular flexibility index (Phi) is 5.46. The number of rotatable bonds is 7. The molecule has 124 valence electrons. The molecular formula is C16H21N3O4. The van der Waals surface area contributed by atoms with Crippen LogP contribution in [-0.2, 0) is 20.9 Å². The molecule has 1 saturated heterocycles. The molecule has 23 heavy (non-hydrogen) atoms. The van der Waals surface area contributed by atoms with Crippen LogP contribution in [0.1, 0.15) is 25.8 Å². The number of hydroxylamine groups is 1. The highest BCUT2D eigenvalue weighted by molar-refractivity contribution is 6.20. The smallest absolute Gasteiger partial charge is 0.237 e. The minimum Gasteiger partial charge on any atom is -0.339 e. The van der Waals surface area contributed by atoms with Crippen molar-refractivity contribution in [3.8, 4) is 0 Å². The molecule has 3 amide bonds. The Morgan fingerprint density at radius 3 is 2.52 bits per heavy atom. The van der Waals surface area contributed by atoms with Crippen LogP contribution in [0.2, 0.25) is 0 Å². The van der Waals surface area contributed by atoms with E-state index in [2.05, 4.69) is 5.48 Å². The summed E-state index contributed by atoms with van der Waals surface area (Å²) in [5, 5.41) is 8.81. The molecule has 7 nitrogen and oxygen atoms in total. The number of nitrogens with zero attached hydrogens (tertiary/aromatic N) is 2. The van der Waals surface area contributed by atoms with E-state index in [0.717, 1.165) is 12.0 Å². The van der Waals surface area contributed by atoms with Crippen molar-refractivity contribution in [2.45, 2.75) is 32.9 Å². The van der Waals surface area contributed by atoms with E-state index in [4.69, 9.17) is 5.21 Å². The van der Waals surface area contributed by atoms with E-state index in [1.54, 1.807) is 38.1 Å². The minimum absolute atomic E-state index is 0.180. The molecule has 0 saturated carbocycles. The van der Waals surface area contributed by atoms with Gasteiger partial charge in [-0.15, -0.1) is 0 Å². The largest absolute Gasteiger partial charge is 0.339 e. The first-order chi connectivity index (χ1) is 11.0. The second kappa shape index (κ2) is 7.34. The molecule has 2 atom stereocenters. The lowest BCUT2D eigenvalue weighted by Crippen LogP contribution is -2.36. The lowest BCUT2D eigenvalue weighted by atomic mass is 10.1. The molecule has 0 aromatic heterocycles. The minimum atomic E-state index is -0.278. The molecule has 2 N–H and O–H groups in total. The second-order valence-electron chi connectivity index (χ2n) is 5.90. The number of hydrogen-bond acceptors (Lipinski definition) is 5. The van der Waals surface area contributed by atoms with Gasteiger partial charge in [0.15, 0.2) is 0 Å². The number of amides is 3. The Morgan fingerprint density at radius 2 is 2.04 bits per heavy atom. The normalized spacial score (nSPS) is 19.1. The van der Waals surface area contributed by atoms with Gasteiger partial charge in [-0.05, 0) is 24.6 Å². The number of nitrogens with one attached hydrogen (secondary N) is 1. The highest BCUT2D eigenvalue weighted by Crippen LogP contribution is 2.26. The van der Waals surface area contributed by atoms with Crippen LogP contribution in [0.15, 0.2) is 24.3 Å². The van der Waals surface area contributed by atoms with E-state index in [9.17, 15) is 14.4 Å². The summed E-state index contributed by atoms with van der Waals surface area (Å²) in [6, 6.07) is 6.75. The summed E-state index contributed by atoms with van der Waals surface area (Å²) < 4.78 is 0. The first-order valence-electron chi connectivity index (χ1n) is 7.51. The molecule has 0 radical (unpaired) electrons. The van der Waals surface area contributed by atoms with Gasteiger partial charge in [0.2, 0.25) is 18.2 Å². The van der Waals surface area contributed by atoms with Crippen LogP contribution >= 0.6 is 0 Å². The number of anilines is 1. The molecule has 1 aliphatic heterocycles. The number of carbonyl (C=O) groups excluding carboxylic acids is 3. The maximum atomic E-state index is 12.0. The topological polar surface area (TPSA) is 90.0 Å². The lowest BCUT2D eigenvalue weighted by molar-refractivity contribution is -0.122. The fourth-order valence-electron chi connectivity index (χ4n) is 2.58. The standard InChI is InChI=1S/C16H21N3O4/c1-11-7-15(21)19(16(11)22)14-5-3-13(4-6-14)9-18(10-20)8-12(2)17-23/h3-6,10-12,17,23H,7-9H2,1-2H3. The van der Waals surface area contributed by atoms with Gasteiger partial charge in [0.1, 0.15) is 0 Å². The predicted octanol–water partition coefficient (Wildman–Crippen LogP) is 0.912. The van der Waals surface area contributed by atoms with Gasteiger partial charge in [-0.25, -0.2) is 5.48 Å². The average molecular weight is 319 g/mol. The molecule has 1 heterocycles. The summed E-state index contributed by atoms with van der Waals surface area (Å²) >= 11 is 0. The number of benzene rings is 1. The van der Waals surface area contributed by atoms with Crippen LogP contribution in [0.3, 0.4) is 0 Å². The van der Waals surface area contributed by atoms with Crippen molar-refractivity contribution >= 4 is 23.9 Å². The second-order valence-corrected chi connectivity index (χ2v) is 5.90. The van der Waals surface area contributed by atoms with Gasteiger partial charge < -0.3 is 10.1 Å². The Bertz CT molecular complexity index is 587. The zero-order chi connectivity index (χ0) is 17.0. The first kappa shape index (κ1) is 17.1. The van der Waals surface area contributed by atoms with Crippen LogP contribution in [0.25, 0.3) is 0 Å². The van der Waals surface area contributed by atoms with Gasteiger partial charge in [0.05, 0.1) is 5.69 Å². The maximum absolute atomic E-state index is 12.0. The molecule has 0 aliphatic carbocycles. The summed E-state index contributed by atoms with van der Waals surface area (Å²) in [6.07, 6.45) is 0.961. The molecule has 1 aromatic carbocycles. The van der Waals surface area contributed by atoms with E-state index in [1.165, 1.54) is 9.80 Å². The molecule has 1 aromatic rings. The van der Waals surface area contributed by atoms with Crippen LogP contribution in [0.4, 0.5) is 5.69 Å². The highest BCUT2D eigenvalue weighted by atomic mass is 16.5. The third-order valence-corrected chi connectivity index (χ3v) is 3.83. The van der Waals surface area contributed by atoms with Gasteiger partial charge in [0, 0.05) is 31.5 Å². The zero-order valence-corrected chi connectivity index (χ0v) is 13.2. The van der Waals surface area contributed by atoms with E-state index >= 15 is 0 Å². The summed E-state index contributed by atoms with van der Waals surface area (Å²) in [4.78, 5) is 37.7. The number of carbonyl (C=O) groups is 3. The Balaban J connectivity index is 2.06. The van der Waals surface area contributed by atoms with Gasteiger partial charge in [-0.3, -0.25) is 19.3 Å². The van der Waals surface area contributed by atoms with E-state index in [1.807, 2.05) is 0 Å². The monoisotopic (exact) mass is 319 g/mol. The first-order valence-corrected chi connectivity index (χ1v) is 7.51. The summed E-state index contributed by atoms with van der Waals surface area (Å²) in [5.41, 5.74) is 3.52. The van der Waals surface area contributed by atoms with Crippen LogP contribution < -0.4 is 10.4 Å². The molecule has 0 spiro atoms. The Labute approximate surface area is 134 Å². The third kappa shape index (κ3) is 3.94. The maximum Gasteiger partial charge on any atom is 0.237 e. The highest BCUT2D eigenvalue weighted by Gasteiger charge is 2.36. The van der Waals surface area contributed by atoms with Gasteiger partial charge in [-0.2, -0.15) is 0 Å². The van der Waals surface area contributed by atoms with Crippen molar-refractivity contribution in [1.82, 2.24) is 10.4 Å². The molecule has 0 bridgehead atoms. The van der Waals surface area contributed by atoms with Crippen molar-refractivity contribution in [2.75, 3.05) is 11.4 Å². The molecule has 1 fully saturated rings. The average Bonchev–Trinajstić information content (AvgIpc) is 2.80. The molecular weight excluding hydrogens is 298 g/mol. The van der Waals surface area contributed by atoms with E-state index < -0.39 is 0 Å². The molecule has 2 unspecified atom stereocenters. The molecule has 7 heteroatoms. The fraction of sp³-hybridized carbons (Fsp3) is 0.438. The van der Waals surface area contributed by atoms with Gasteiger partial charge in [-0.1, -0.05) is 19.1 Å². The van der Waals surface area contributed by atoms with Crippen LogP contribution in [0, 0.1) is 5.92 Å². The van der Waals surface area contributed by atoms with E-state index in [-0.39, 0.29) is 30.2 Å². The van der Waals surface area contributed by atoms with E-state index in [0.29, 0.717) is 18.8 Å². The quantitative estimate of drug-likeness (QED) is 0.443. The molecule has 1 aliphatic rings. The Morgan fingerprint density at radius 1 is 1.39 bits per heavy atom. The predicted molar refractivity (Wildman–Crippen MR) is 83.6 cm³/mol. The van der Waals surface area contributed by atoms with Crippen molar-refractivity contribution in [3.63, 3.8) is 0 Å². The van der Waals surface area contributed by atoms with Crippen molar-refractivity contribution < 1.29 is 19.6 Å². The van der Waals surface area contributed by atoms with Crippen molar-refractivity contribution in [2.24, 2.45) is 5.92 Å². The third-order valence-electron chi connectivity index (χ3n) is 3.83. The van der Waals surface area contributed by atoms with Gasteiger partial charge >= 0.3 is 0 Å². The summed E-state index contributed by atoms with van der Waals surface area (Å²) in [5.74, 6) is -0.645. The molecule has 2 rings (SSSR count). The van der Waals surface area contributed by atoms with Crippen LogP contribution in [-0.4, -0.2) is 40.9 Å². The zero-order valence-electron chi connectivity index (χ0n) is 13.2.